The van der Waals surface area contributed by atoms with Gasteiger partial charge in [-0.1, -0.05) is 51.1 Å². The van der Waals surface area contributed by atoms with E-state index in [1.807, 2.05) is 28.0 Å². The van der Waals surface area contributed by atoms with Gasteiger partial charge in [-0.25, -0.2) is 0 Å². The van der Waals surface area contributed by atoms with Crippen LogP contribution in [0.1, 0.15) is 64.9 Å². The number of nitrogens with zero attached hydrogens (tertiary/aromatic N) is 2. The summed E-state index contributed by atoms with van der Waals surface area (Å²) in [5, 5.41) is 0. The van der Waals surface area contributed by atoms with Crippen molar-refractivity contribution in [3.63, 3.8) is 0 Å². The normalized spacial score (nSPS) is 23.7. The van der Waals surface area contributed by atoms with Crippen molar-refractivity contribution in [3.05, 3.63) is 35.9 Å². The number of carbonyl (C=O) groups excluding carboxylic acids is 2. The molecule has 0 N–H and O–H groups in total. The molecule has 2 amide bonds. The van der Waals surface area contributed by atoms with Crippen LogP contribution in [0.2, 0.25) is 0 Å². The summed E-state index contributed by atoms with van der Waals surface area (Å²) in [5.41, 5.74) is 0.365. The van der Waals surface area contributed by atoms with E-state index in [0.717, 1.165) is 51.7 Å². The number of rotatable bonds is 5. The van der Waals surface area contributed by atoms with E-state index >= 15 is 0 Å². The highest BCUT2D eigenvalue weighted by molar-refractivity contribution is 5.93. The van der Waals surface area contributed by atoms with Gasteiger partial charge in [-0.05, 0) is 43.1 Å². The molecule has 2 aliphatic rings. The Bertz CT molecular complexity index is 653. The van der Waals surface area contributed by atoms with Crippen LogP contribution in [-0.4, -0.2) is 46.8 Å². The standard InChI is InChI=1S/C22H32N2O2/c1-4-14-23-15-8-12-22(20(23)26)13-9-16-24(22)19(25)17-21(2,3)18-10-6-5-7-11-18/h5-7,10-11H,4,8-9,12-17H2,1-3H3. The molecule has 1 atom stereocenters. The molecule has 1 aromatic carbocycles. The van der Waals surface area contributed by atoms with E-state index in [1.165, 1.54) is 5.56 Å². The number of hydrogen-bond donors (Lipinski definition) is 0. The van der Waals surface area contributed by atoms with E-state index in [0.29, 0.717) is 6.42 Å². The predicted octanol–water partition coefficient (Wildman–Crippen LogP) is 3.75. The molecule has 142 valence electrons. The quantitative estimate of drug-likeness (QED) is 0.806. The van der Waals surface area contributed by atoms with Crippen molar-refractivity contribution in [1.29, 1.82) is 0 Å². The Labute approximate surface area is 157 Å². The van der Waals surface area contributed by atoms with Gasteiger partial charge in [0.05, 0.1) is 0 Å². The van der Waals surface area contributed by atoms with Gasteiger partial charge in [0.1, 0.15) is 5.54 Å². The van der Waals surface area contributed by atoms with Gasteiger partial charge < -0.3 is 9.80 Å². The monoisotopic (exact) mass is 356 g/mol. The van der Waals surface area contributed by atoms with Crippen LogP contribution < -0.4 is 0 Å². The summed E-state index contributed by atoms with van der Waals surface area (Å²) in [4.78, 5) is 30.4. The molecule has 0 saturated carbocycles. The molecule has 4 nitrogen and oxygen atoms in total. The fourth-order valence-corrected chi connectivity index (χ4v) is 4.74. The van der Waals surface area contributed by atoms with E-state index < -0.39 is 5.54 Å². The Hall–Kier alpha value is -1.84. The Morgan fingerprint density at radius 3 is 2.42 bits per heavy atom. The minimum atomic E-state index is -0.572. The number of amides is 2. The Balaban J connectivity index is 1.79. The third-order valence-corrected chi connectivity index (χ3v) is 6.14. The summed E-state index contributed by atoms with van der Waals surface area (Å²) in [5.74, 6) is 0.317. The molecule has 0 bridgehead atoms. The molecule has 1 aromatic rings. The minimum Gasteiger partial charge on any atom is -0.341 e. The second kappa shape index (κ2) is 7.42. The Morgan fingerprint density at radius 2 is 1.77 bits per heavy atom. The lowest BCUT2D eigenvalue weighted by Crippen LogP contribution is -2.61. The van der Waals surface area contributed by atoms with Crippen molar-refractivity contribution >= 4 is 11.8 Å². The Kier molecular flexibility index (Phi) is 5.40. The fourth-order valence-electron chi connectivity index (χ4n) is 4.74. The lowest BCUT2D eigenvalue weighted by molar-refractivity contribution is -0.155. The van der Waals surface area contributed by atoms with Gasteiger partial charge in [-0.3, -0.25) is 9.59 Å². The van der Waals surface area contributed by atoms with Crippen molar-refractivity contribution < 1.29 is 9.59 Å². The van der Waals surface area contributed by atoms with Crippen LogP contribution in [-0.2, 0) is 15.0 Å². The number of carbonyl (C=O) groups is 2. The van der Waals surface area contributed by atoms with E-state index in [-0.39, 0.29) is 17.2 Å². The van der Waals surface area contributed by atoms with Crippen LogP contribution in [0.5, 0.6) is 0 Å². The maximum atomic E-state index is 13.3. The first kappa shape index (κ1) is 18.9. The number of likely N-dealkylation sites (tertiary alicyclic amines) is 2. The molecule has 4 heteroatoms. The summed E-state index contributed by atoms with van der Waals surface area (Å²) < 4.78 is 0. The van der Waals surface area contributed by atoms with Crippen LogP contribution in [0, 0.1) is 0 Å². The second-order valence-corrected chi connectivity index (χ2v) is 8.50. The molecule has 2 saturated heterocycles. The van der Waals surface area contributed by atoms with Crippen molar-refractivity contribution in [2.45, 2.75) is 70.3 Å². The molecule has 2 heterocycles. The third-order valence-electron chi connectivity index (χ3n) is 6.14. The van der Waals surface area contributed by atoms with E-state index in [9.17, 15) is 9.59 Å². The van der Waals surface area contributed by atoms with Crippen LogP contribution in [0.15, 0.2) is 30.3 Å². The number of benzene rings is 1. The van der Waals surface area contributed by atoms with Gasteiger partial charge in [-0.15, -0.1) is 0 Å². The summed E-state index contributed by atoms with van der Waals surface area (Å²) in [6, 6.07) is 10.2. The topological polar surface area (TPSA) is 40.6 Å². The molecule has 0 radical (unpaired) electrons. The first-order valence-corrected chi connectivity index (χ1v) is 10.1. The van der Waals surface area contributed by atoms with Gasteiger partial charge >= 0.3 is 0 Å². The highest BCUT2D eigenvalue weighted by atomic mass is 16.2. The maximum absolute atomic E-state index is 13.3. The number of piperidine rings is 1. The van der Waals surface area contributed by atoms with Gasteiger partial charge in [-0.2, -0.15) is 0 Å². The highest BCUT2D eigenvalue weighted by Crippen LogP contribution is 2.40. The van der Waals surface area contributed by atoms with E-state index in [1.54, 1.807) is 0 Å². The van der Waals surface area contributed by atoms with E-state index in [2.05, 4.69) is 32.9 Å². The van der Waals surface area contributed by atoms with E-state index in [4.69, 9.17) is 0 Å². The van der Waals surface area contributed by atoms with Gasteiger partial charge in [0.2, 0.25) is 11.8 Å². The van der Waals surface area contributed by atoms with Crippen molar-refractivity contribution in [1.82, 2.24) is 9.80 Å². The summed E-state index contributed by atoms with van der Waals surface area (Å²) >= 11 is 0. The minimum absolute atomic E-state index is 0.128. The molecule has 2 aliphatic heterocycles. The summed E-state index contributed by atoms with van der Waals surface area (Å²) in [7, 11) is 0. The molecule has 1 unspecified atom stereocenters. The largest absolute Gasteiger partial charge is 0.341 e. The molecular formula is C22H32N2O2. The fraction of sp³-hybridized carbons (Fsp3) is 0.636. The van der Waals surface area contributed by atoms with Gasteiger partial charge in [0, 0.05) is 26.1 Å². The maximum Gasteiger partial charge on any atom is 0.248 e. The number of hydrogen-bond acceptors (Lipinski definition) is 2. The van der Waals surface area contributed by atoms with Crippen LogP contribution in [0.25, 0.3) is 0 Å². The second-order valence-electron chi connectivity index (χ2n) is 8.50. The smallest absolute Gasteiger partial charge is 0.248 e. The zero-order chi connectivity index (χ0) is 18.8. The van der Waals surface area contributed by atoms with Crippen molar-refractivity contribution in [2.75, 3.05) is 19.6 Å². The molecule has 1 spiro atoms. The predicted molar refractivity (Wildman–Crippen MR) is 104 cm³/mol. The lowest BCUT2D eigenvalue weighted by atomic mass is 9.80. The average Bonchev–Trinajstić information content (AvgIpc) is 3.04. The lowest BCUT2D eigenvalue weighted by Gasteiger charge is -2.45. The molecule has 26 heavy (non-hydrogen) atoms. The third kappa shape index (κ3) is 3.38. The zero-order valence-corrected chi connectivity index (χ0v) is 16.5. The summed E-state index contributed by atoms with van der Waals surface area (Å²) in [6.45, 7) is 8.71. The molecule has 0 aliphatic carbocycles. The first-order chi connectivity index (χ1) is 12.4. The first-order valence-electron chi connectivity index (χ1n) is 10.1. The summed E-state index contributed by atoms with van der Waals surface area (Å²) in [6.07, 6.45) is 4.99. The van der Waals surface area contributed by atoms with Crippen molar-refractivity contribution in [2.24, 2.45) is 0 Å². The molecular weight excluding hydrogens is 324 g/mol. The van der Waals surface area contributed by atoms with Crippen LogP contribution in [0.3, 0.4) is 0 Å². The zero-order valence-electron chi connectivity index (χ0n) is 16.5. The molecule has 2 fully saturated rings. The molecule has 0 aromatic heterocycles. The SMILES string of the molecule is CCCN1CCCC2(CCCN2C(=O)CC(C)(C)c2ccccc2)C1=O. The van der Waals surface area contributed by atoms with Gasteiger partial charge in [0.25, 0.3) is 0 Å². The average molecular weight is 357 g/mol. The Morgan fingerprint density at radius 1 is 1.12 bits per heavy atom. The molecule has 3 rings (SSSR count). The van der Waals surface area contributed by atoms with Crippen LogP contribution in [0.4, 0.5) is 0 Å². The highest BCUT2D eigenvalue weighted by Gasteiger charge is 2.52. The van der Waals surface area contributed by atoms with Crippen molar-refractivity contribution in [3.8, 4) is 0 Å². The van der Waals surface area contributed by atoms with Gasteiger partial charge in [0.15, 0.2) is 0 Å². The van der Waals surface area contributed by atoms with Crippen LogP contribution >= 0.6 is 0 Å².